The van der Waals surface area contributed by atoms with Gasteiger partial charge in [-0.2, -0.15) is 0 Å². The largest absolute Gasteiger partial charge is 0.341 e. The molecule has 20 heavy (non-hydrogen) atoms. The summed E-state index contributed by atoms with van der Waals surface area (Å²) < 4.78 is 0. The Morgan fingerprint density at radius 3 is 2.75 bits per heavy atom. The minimum atomic E-state index is -0.683. The molecule has 1 saturated heterocycles. The maximum atomic E-state index is 12.6. The second-order valence-electron chi connectivity index (χ2n) is 6.71. The monoisotopic (exact) mass is 300 g/mol. The van der Waals surface area contributed by atoms with Crippen molar-refractivity contribution < 1.29 is 4.79 Å². The van der Waals surface area contributed by atoms with Crippen molar-refractivity contribution in [2.75, 3.05) is 13.1 Å². The van der Waals surface area contributed by atoms with Gasteiger partial charge in [0.05, 0.1) is 5.54 Å². The Labute approximate surface area is 129 Å². The molecule has 0 radical (unpaired) electrons. The summed E-state index contributed by atoms with van der Waals surface area (Å²) in [5.74, 6) is 0.156. The summed E-state index contributed by atoms with van der Waals surface area (Å²) in [5.41, 5.74) is 5.87. The molecule has 0 aromatic rings. The lowest BCUT2D eigenvalue weighted by molar-refractivity contribution is -0.140. The molecule has 0 aromatic heterocycles. The molecule has 3 nitrogen and oxygen atoms in total. The van der Waals surface area contributed by atoms with Crippen LogP contribution in [0.1, 0.15) is 58.8 Å². The third-order valence-corrected chi connectivity index (χ3v) is 4.77. The lowest BCUT2D eigenvalue weighted by Crippen LogP contribution is -2.57. The van der Waals surface area contributed by atoms with Gasteiger partial charge < -0.3 is 10.6 Å². The van der Waals surface area contributed by atoms with E-state index in [1.165, 1.54) is 12.8 Å². The zero-order valence-corrected chi connectivity index (χ0v) is 13.7. The lowest BCUT2D eigenvalue weighted by atomic mass is 9.71. The molecule has 1 spiro atoms. The third kappa shape index (κ3) is 3.76. The van der Waals surface area contributed by atoms with Crippen LogP contribution in [0.25, 0.3) is 0 Å². The molecule has 2 N–H and O–H groups in total. The van der Waals surface area contributed by atoms with E-state index in [1.807, 2.05) is 11.8 Å². The molecule has 2 atom stereocenters. The first-order chi connectivity index (χ1) is 8.99. The normalized spacial score (nSPS) is 28.9. The van der Waals surface area contributed by atoms with Crippen LogP contribution >= 0.6 is 12.4 Å². The zero-order valence-electron chi connectivity index (χ0n) is 12.9. The Balaban J connectivity index is 0.00000200. The van der Waals surface area contributed by atoms with E-state index in [-0.39, 0.29) is 18.3 Å². The molecule has 1 aliphatic carbocycles. The number of rotatable bonds is 3. The van der Waals surface area contributed by atoms with Gasteiger partial charge in [0.2, 0.25) is 5.91 Å². The van der Waals surface area contributed by atoms with Crippen molar-refractivity contribution in [2.45, 2.75) is 64.3 Å². The molecule has 4 heteroatoms. The van der Waals surface area contributed by atoms with Gasteiger partial charge >= 0.3 is 0 Å². The number of nitrogens with two attached hydrogens (primary N) is 1. The molecular formula is C16H29ClN2O. The van der Waals surface area contributed by atoms with Gasteiger partial charge in [-0.1, -0.05) is 25.5 Å². The van der Waals surface area contributed by atoms with Crippen molar-refractivity contribution in [1.82, 2.24) is 4.90 Å². The summed E-state index contributed by atoms with van der Waals surface area (Å²) >= 11 is 0. The maximum Gasteiger partial charge on any atom is 0.242 e. The van der Waals surface area contributed by atoms with E-state index in [1.54, 1.807) is 0 Å². The number of piperidine rings is 1. The number of halogens is 1. The van der Waals surface area contributed by atoms with E-state index < -0.39 is 5.54 Å². The van der Waals surface area contributed by atoms with Crippen molar-refractivity contribution in [1.29, 1.82) is 0 Å². The van der Waals surface area contributed by atoms with Crippen LogP contribution in [-0.2, 0) is 4.79 Å². The molecule has 116 valence electrons. The van der Waals surface area contributed by atoms with Crippen LogP contribution in [0.15, 0.2) is 12.2 Å². The van der Waals surface area contributed by atoms with Crippen LogP contribution in [0.2, 0.25) is 0 Å². The second-order valence-corrected chi connectivity index (χ2v) is 6.71. The number of likely N-dealkylation sites (tertiary alicyclic amines) is 1. The molecule has 0 bridgehead atoms. The molecule has 2 unspecified atom stereocenters. The van der Waals surface area contributed by atoms with Crippen molar-refractivity contribution in [3.05, 3.63) is 12.2 Å². The van der Waals surface area contributed by atoms with Gasteiger partial charge in [-0.25, -0.2) is 0 Å². The number of carbonyl (C=O) groups excluding carboxylic acids is 1. The maximum absolute atomic E-state index is 12.6. The molecule has 1 heterocycles. The number of amides is 1. The van der Waals surface area contributed by atoms with Gasteiger partial charge in [0.1, 0.15) is 0 Å². The average molecular weight is 301 g/mol. The Hall–Kier alpha value is -0.540. The van der Waals surface area contributed by atoms with Gasteiger partial charge in [0.15, 0.2) is 0 Å². The van der Waals surface area contributed by atoms with Crippen LogP contribution < -0.4 is 5.73 Å². The highest BCUT2D eigenvalue weighted by molar-refractivity contribution is 5.86. The average Bonchev–Trinajstić information content (AvgIpc) is 2.39. The minimum Gasteiger partial charge on any atom is -0.341 e. The first kappa shape index (κ1) is 17.5. The van der Waals surface area contributed by atoms with E-state index >= 15 is 0 Å². The van der Waals surface area contributed by atoms with Crippen molar-refractivity contribution in [3.8, 4) is 0 Å². The first-order valence-corrected chi connectivity index (χ1v) is 7.72. The summed E-state index contributed by atoms with van der Waals surface area (Å²) in [4.78, 5) is 14.7. The fourth-order valence-electron chi connectivity index (χ4n) is 3.68. The summed E-state index contributed by atoms with van der Waals surface area (Å²) in [6.45, 7) is 5.77. The van der Waals surface area contributed by atoms with Crippen LogP contribution in [0.3, 0.4) is 0 Å². The SMILES string of the molecule is CCCC(C)(N)C(=O)N1CCCC2(CC=CCC2)C1.Cl. The van der Waals surface area contributed by atoms with Gasteiger partial charge in [-0.15, -0.1) is 12.4 Å². The highest BCUT2D eigenvalue weighted by Crippen LogP contribution is 2.41. The van der Waals surface area contributed by atoms with Gasteiger partial charge in [-0.3, -0.25) is 4.79 Å². The van der Waals surface area contributed by atoms with Crippen molar-refractivity contribution >= 4 is 18.3 Å². The number of hydrogen-bond donors (Lipinski definition) is 1. The van der Waals surface area contributed by atoms with E-state index in [0.29, 0.717) is 5.41 Å². The summed E-state index contributed by atoms with van der Waals surface area (Å²) in [6, 6.07) is 0. The molecule has 0 saturated carbocycles. The van der Waals surface area contributed by atoms with Gasteiger partial charge in [-0.05, 0) is 50.9 Å². The predicted molar refractivity (Wildman–Crippen MR) is 86.0 cm³/mol. The third-order valence-electron chi connectivity index (χ3n) is 4.77. The molecule has 1 fully saturated rings. The van der Waals surface area contributed by atoms with Crippen LogP contribution in [0.4, 0.5) is 0 Å². The Kier molecular flexibility index (Phi) is 6.08. The number of allylic oxidation sites excluding steroid dienone is 2. The van der Waals surface area contributed by atoms with E-state index in [0.717, 1.165) is 45.2 Å². The highest BCUT2D eigenvalue weighted by Gasteiger charge is 2.40. The van der Waals surface area contributed by atoms with Gasteiger partial charge in [0.25, 0.3) is 0 Å². The van der Waals surface area contributed by atoms with Crippen molar-refractivity contribution in [2.24, 2.45) is 11.1 Å². The van der Waals surface area contributed by atoms with E-state index in [2.05, 4.69) is 19.1 Å². The summed E-state index contributed by atoms with van der Waals surface area (Å²) in [7, 11) is 0. The number of nitrogens with zero attached hydrogens (tertiary/aromatic N) is 1. The smallest absolute Gasteiger partial charge is 0.242 e. The van der Waals surface area contributed by atoms with E-state index in [9.17, 15) is 4.79 Å². The van der Waals surface area contributed by atoms with E-state index in [4.69, 9.17) is 5.73 Å². The Bertz CT molecular complexity index is 367. The molecule has 2 rings (SSSR count). The predicted octanol–water partition coefficient (Wildman–Crippen LogP) is 3.27. The summed E-state index contributed by atoms with van der Waals surface area (Å²) in [5, 5.41) is 0. The fourth-order valence-corrected chi connectivity index (χ4v) is 3.68. The minimum absolute atomic E-state index is 0. The standard InChI is InChI=1S/C16H28N2O.ClH/c1-3-8-15(2,17)14(19)18-12-7-11-16(13-18)9-5-4-6-10-16;/h4-5H,3,6-13,17H2,1-2H3;1H. The molecule has 0 aromatic carbocycles. The van der Waals surface area contributed by atoms with Gasteiger partial charge in [0, 0.05) is 13.1 Å². The Morgan fingerprint density at radius 2 is 2.15 bits per heavy atom. The molecule has 1 amide bonds. The van der Waals surface area contributed by atoms with Crippen LogP contribution in [0, 0.1) is 5.41 Å². The number of carbonyl (C=O) groups is 1. The van der Waals surface area contributed by atoms with Crippen molar-refractivity contribution in [3.63, 3.8) is 0 Å². The molecule has 1 aliphatic heterocycles. The summed E-state index contributed by atoms with van der Waals surface area (Å²) in [6.07, 6.45) is 12.2. The Morgan fingerprint density at radius 1 is 1.40 bits per heavy atom. The lowest BCUT2D eigenvalue weighted by Gasteiger charge is -2.45. The van der Waals surface area contributed by atoms with Crippen LogP contribution in [-0.4, -0.2) is 29.4 Å². The fraction of sp³-hybridized carbons (Fsp3) is 0.812. The highest BCUT2D eigenvalue weighted by atomic mass is 35.5. The second kappa shape index (κ2) is 6.95. The quantitative estimate of drug-likeness (QED) is 0.813. The number of hydrogen-bond acceptors (Lipinski definition) is 2. The van der Waals surface area contributed by atoms with Crippen LogP contribution in [0.5, 0.6) is 0 Å². The molecule has 2 aliphatic rings. The first-order valence-electron chi connectivity index (χ1n) is 7.72. The zero-order chi connectivity index (χ0) is 13.9. The topological polar surface area (TPSA) is 46.3 Å². The molecular weight excluding hydrogens is 272 g/mol.